The summed E-state index contributed by atoms with van der Waals surface area (Å²) in [7, 11) is 1.71. The molecule has 0 bridgehead atoms. The van der Waals surface area contributed by atoms with Gasteiger partial charge in [-0.3, -0.25) is 9.98 Å². The molecule has 0 fully saturated rings. The van der Waals surface area contributed by atoms with Crippen LogP contribution in [0.4, 0.5) is 0 Å². The zero-order valence-corrected chi connectivity index (χ0v) is 15.1. The summed E-state index contributed by atoms with van der Waals surface area (Å²) >= 11 is 5.99. The van der Waals surface area contributed by atoms with Crippen molar-refractivity contribution in [1.29, 1.82) is 0 Å². The maximum absolute atomic E-state index is 5.99. The molecule has 0 aliphatic rings. The quantitative estimate of drug-likeness (QED) is 0.512. The van der Waals surface area contributed by atoms with E-state index in [1.807, 2.05) is 30.3 Å². The van der Waals surface area contributed by atoms with Crippen LogP contribution < -0.4 is 10.6 Å². The first-order chi connectivity index (χ1) is 12.7. The Morgan fingerprint density at radius 3 is 2.88 bits per heavy atom. The molecule has 3 rings (SSSR count). The van der Waals surface area contributed by atoms with Gasteiger partial charge in [0.1, 0.15) is 0 Å². The smallest absolute Gasteiger partial charge is 0.246 e. The molecular weight excluding hydrogens is 352 g/mol. The molecule has 0 saturated heterocycles. The average molecular weight is 371 g/mol. The van der Waals surface area contributed by atoms with Gasteiger partial charge in [-0.05, 0) is 24.3 Å². The van der Waals surface area contributed by atoms with Crippen molar-refractivity contribution in [3.63, 3.8) is 0 Å². The van der Waals surface area contributed by atoms with Gasteiger partial charge in [0.15, 0.2) is 5.96 Å². The SMILES string of the molecule is CN=C(NCCc1ccccn1)NCc1nc(-c2cccc(Cl)c2)no1. The van der Waals surface area contributed by atoms with Crippen LogP contribution in [-0.2, 0) is 13.0 Å². The molecule has 8 heteroatoms. The van der Waals surface area contributed by atoms with Crippen molar-refractivity contribution in [1.82, 2.24) is 25.8 Å². The van der Waals surface area contributed by atoms with Crippen LogP contribution in [0.15, 0.2) is 58.2 Å². The summed E-state index contributed by atoms with van der Waals surface area (Å²) < 4.78 is 5.27. The van der Waals surface area contributed by atoms with E-state index in [1.165, 1.54) is 0 Å². The molecule has 0 amide bonds. The van der Waals surface area contributed by atoms with Crippen LogP contribution in [0.3, 0.4) is 0 Å². The van der Waals surface area contributed by atoms with Gasteiger partial charge in [-0.25, -0.2) is 0 Å². The van der Waals surface area contributed by atoms with Gasteiger partial charge >= 0.3 is 0 Å². The van der Waals surface area contributed by atoms with E-state index in [9.17, 15) is 0 Å². The predicted octanol–water partition coefficient (Wildman–Crippen LogP) is 2.69. The monoisotopic (exact) mass is 370 g/mol. The Morgan fingerprint density at radius 2 is 2.12 bits per heavy atom. The predicted molar refractivity (Wildman–Crippen MR) is 101 cm³/mol. The molecule has 7 nitrogen and oxygen atoms in total. The first-order valence-corrected chi connectivity index (χ1v) is 8.55. The molecule has 2 N–H and O–H groups in total. The molecule has 2 heterocycles. The molecule has 0 spiro atoms. The number of hydrogen-bond donors (Lipinski definition) is 2. The van der Waals surface area contributed by atoms with Gasteiger partial charge in [-0.1, -0.05) is 35.0 Å². The lowest BCUT2D eigenvalue weighted by Crippen LogP contribution is -2.38. The lowest BCUT2D eigenvalue weighted by molar-refractivity contribution is 0.375. The van der Waals surface area contributed by atoms with Gasteiger partial charge < -0.3 is 15.2 Å². The number of nitrogens with one attached hydrogen (secondary N) is 2. The van der Waals surface area contributed by atoms with E-state index in [-0.39, 0.29) is 0 Å². The molecule has 0 aliphatic heterocycles. The number of nitrogens with zero attached hydrogens (tertiary/aromatic N) is 4. The standard InChI is InChI=1S/C18H19ClN6O/c1-20-18(22-10-8-15-7-2-3-9-21-15)23-12-16-24-17(25-26-16)13-5-4-6-14(19)11-13/h2-7,9,11H,8,10,12H2,1H3,(H2,20,22,23). The minimum atomic E-state index is 0.372. The van der Waals surface area contributed by atoms with Crippen LogP contribution in [0.5, 0.6) is 0 Å². The highest BCUT2D eigenvalue weighted by Crippen LogP contribution is 2.19. The molecule has 1 aromatic carbocycles. The number of rotatable bonds is 6. The van der Waals surface area contributed by atoms with Crippen LogP contribution in [0.25, 0.3) is 11.4 Å². The van der Waals surface area contributed by atoms with Crippen molar-refractivity contribution in [3.05, 3.63) is 65.3 Å². The Bertz CT molecular complexity index is 865. The molecule has 3 aromatic rings. The Labute approximate surface area is 156 Å². The normalized spacial score (nSPS) is 11.4. The molecule has 2 aromatic heterocycles. The summed E-state index contributed by atoms with van der Waals surface area (Å²) in [6, 6.07) is 13.2. The third-order valence-electron chi connectivity index (χ3n) is 3.58. The second kappa shape index (κ2) is 8.96. The minimum absolute atomic E-state index is 0.372. The summed E-state index contributed by atoms with van der Waals surface area (Å²) in [6.45, 7) is 1.09. The van der Waals surface area contributed by atoms with E-state index in [4.69, 9.17) is 16.1 Å². The second-order valence-corrected chi connectivity index (χ2v) is 5.88. The molecular formula is C18H19ClN6O. The van der Waals surface area contributed by atoms with E-state index >= 15 is 0 Å². The maximum Gasteiger partial charge on any atom is 0.246 e. The highest BCUT2D eigenvalue weighted by Gasteiger charge is 2.09. The zero-order valence-electron chi connectivity index (χ0n) is 14.3. The number of hydrogen-bond acceptors (Lipinski definition) is 5. The number of benzene rings is 1. The van der Waals surface area contributed by atoms with Gasteiger partial charge in [0.05, 0.1) is 6.54 Å². The summed E-state index contributed by atoms with van der Waals surface area (Å²) in [5.74, 6) is 1.62. The Hall–Kier alpha value is -2.93. The maximum atomic E-state index is 5.99. The molecule has 0 unspecified atom stereocenters. The summed E-state index contributed by atoms with van der Waals surface area (Å²) in [5.41, 5.74) is 1.84. The van der Waals surface area contributed by atoms with Crippen LogP contribution in [-0.4, -0.2) is 34.7 Å². The Kier molecular flexibility index (Phi) is 6.16. The number of aromatic nitrogens is 3. The molecule has 134 valence electrons. The Morgan fingerprint density at radius 1 is 1.19 bits per heavy atom. The zero-order chi connectivity index (χ0) is 18.2. The van der Waals surface area contributed by atoms with Gasteiger partial charge in [0, 0.05) is 42.5 Å². The van der Waals surface area contributed by atoms with Gasteiger partial charge in [-0.2, -0.15) is 4.98 Å². The van der Waals surface area contributed by atoms with Crippen molar-refractivity contribution in [2.75, 3.05) is 13.6 Å². The number of halogens is 1. The first kappa shape index (κ1) is 17.9. The fourth-order valence-electron chi connectivity index (χ4n) is 2.31. The summed E-state index contributed by atoms with van der Waals surface area (Å²) in [6.07, 6.45) is 2.59. The molecule has 0 radical (unpaired) electrons. The summed E-state index contributed by atoms with van der Waals surface area (Å²) in [5, 5.41) is 11.0. The van der Waals surface area contributed by atoms with Crippen LogP contribution >= 0.6 is 11.6 Å². The molecule has 0 atom stereocenters. The fourth-order valence-corrected chi connectivity index (χ4v) is 2.50. The van der Waals surface area contributed by atoms with Crippen molar-refractivity contribution in [3.8, 4) is 11.4 Å². The number of guanidine groups is 1. The van der Waals surface area contributed by atoms with E-state index in [2.05, 4.69) is 30.8 Å². The molecule has 26 heavy (non-hydrogen) atoms. The van der Waals surface area contributed by atoms with Gasteiger partial charge in [0.25, 0.3) is 0 Å². The molecule has 0 saturated carbocycles. The number of aliphatic imine (C=N–C) groups is 1. The largest absolute Gasteiger partial charge is 0.356 e. The third-order valence-corrected chi connectivity index (χ3v) is 3.82. The van der Waals surface area contributed by atoms with Crippen molar-refractivity contribution in [2.45, 2.75) is 13.0 Å². The van der Waals surface area contributed by atoms with Crippen LogP contribution in [0.1, 0.15) is 11.6 Å². The third kappa shape index (κ3) is 5.03. The molecule has 0 aliphatic carbocycles. The lowest BCUT2D eigenvalue weighted by atomic mass is 10.2. The van der Waals surface area contributed by atoms with Crippen LogP contribution in [0.2, 0.25) is 5.02 Å². The highest BCUT2D eigenvalue weighted by atomic mass is 35.5. The average Bonchev–Trinajstić information content (AvgIpc) is 3.14. The van der Waals surface area contributed by atoms with E-state index in [0.29, 0.717) is 35.8 Å². The Balaban J connectivity index is 1.49. The van der Waals surface area contributed by atoms with Crippen molar-refractivity contribution < 1.29 is 4.52 Å². The number of pyridine rings is 1. The first-order valence-electron chi connectivity index (χ1n) is 8.17. The van der Waals surface area contributed by atoms with E-state index in [0.717, 1.165) is 17.7 Å². The summed E-state index contributed by atoms with van der Waals surface area (Å²) in [4.78, 5) is 12.8. The fraction of sp³-hybridized carbons (Fsp3) is 0.222. The van der Waals surface area contributed by atoms with Gasteiger partial charge in [0.2, 0.25) is 11.7 Å². The van der Waals surface area contributed by atoms with Crippen molar-refractivity contribution >= 4 is 17.6 Å². The van der Waals surface area contributed by atoms with Crippen LogP contribution in [0, 0.1) is 0 Å². The van der Waals surface area contributed by atoms with Crippen molar-refractivity contribution in [2.24, 2.45) is 4.99 Å². The second-order valence-electron chi connectivity index (χ2n) is 5.45. The topological polar surface area (TPSA) is 88.2 Å². The van der Waals surface area contributed by atoms with Gasteiger partial charge in [-0.15, -0.1) is 0 Å². The minimum Gasteiger partial charge on any atom is -0.356 e. The van der Waals surface area contributed by atoms with E-state index in [1.54, 1.807) is 25.4 Å². The van der Waals surface area contributed by atoms with E-state index < -0.39 is 0 Å². The lowest BCUT2D eigenvalue weighted by Gasteiger charge is -2.09. The highest BCUT2D eigenvalue weighted by molar-refractivity contribution is 6.30.